The Balaban J connectivity index is 1.53. The normalized spacial score (nSPS) is 15.9. The zero-order valence-corrected chi connectivity index (χ0v) is 20.3. The molecule has 0 saturated carbocycles. The van der Waals surface area contributed by atoms with Crippen molar-refractivity contribution in [3.8, 4) is 5.75 Å². The highest BCUT2D eigenvalue weighted by atomic mass is 32.2. The number of benzene rings is 3. The summed E-state index contributed by atoms with van der Waals surface area (Å²) in [5, 5.41) is 5.69. The van der Waals surface area contributed by atoms with Gasteiger partial charge in [0.25, 0.3) is 11.8 Å². The van der Waals surface area contributed by atoms with E-state index in [1.54, 1.807) is 55.5 Å². The Morgan fingerprint density at radius 2 is 1.66 bits per heavy atom. The van der Waals surface area contributed by atoms with Gasteiger partial charge in [0.2, 0.25) is 10.0 Å². The molecule has 35 heavy (non-hydrogen) atoms. The second kappa shape index (κ2) is 10.2. The van der Waals surface area contributed by atoms with E-state index in [4.69, 9.17) is 4.74 Å². The van der Waals surface area contributed by atoms with Crippen LogP contribution in [0.15, 0.2) is 78.9 Å². The van der Waals surface area contributed by atoms with Crippen molar-refractivity contribution in [3.63, 3.8) is 0 Å². The monoisotopic (exact) mass is 493 g/mol. The average molecular weight is 494 g/mol. The van der Waals surface area contributed by atoms with Crippen LogP contribution in [0.5, 0.6) is 5.75 Å². The fourth-order valence-corrected chi connectivity index (χ4v) is 4.99. The lowest BCUT2D eigenvalue weighted by molar-refractivity contribution is -0.122. The first-order valence-corrected chi connectivity index (χ1v) is 12.9. The molecule has 0 fully saturated rings. The quantitative estimate of drug-likeness (QED) is 0.522. The van der Waals surface area contributed by atoms with Gasteiger partial charge in [0.05, 0.1) is 35.3 Å². The molecular formula is C26H27N3O5S. The van der Waals surface area contributed by atoms with Crippen molar-refractivity contribution in [2.75, 3.05) is 21.9 Å². The minimum Gasteiger partial charge on any atom is -0.476 e. The van der Waals surface area contributed by atoms with Crippen molar-refractivity contribution in [1.29, 1.82) is 0 Å². The molecule has 1 aliphatic rings. The molecule has 2 atom stereocenters. The van der Waals surface area contributed by atoms with E-state index in [0.29, 0.717) is 17.1 Å². The minimum atomic E-state index is -3.63. The summed E-state index contributed by atoms with van der Waals surface area (Å²) < 4.78 is 32.4. The predicted octanol–water partition coefficient (Wildman–Crippen LogP) is 3.73. The van der Waals surface area contributed by atoms with Crippen molar-refractivity contribution >= 4 is 33.2 Å². The highest BCUT2D eigenvalue weighted by molar-refractivity contribution is 7.92. The van der Waals surface area contributed by atoms with Crippen molar-refractivity contribution in [1.82, 2.24) is 5.32 Å². The fourth-order valence-electron chi connectivity index (χ4n) is 3.86. The molecule has 4 rings (SSSR count). The Bertz CT molecular complexity index is 1330. The number of ether oxygens (including phenoxy) is 1. The number of carbonyl (C=O) groups is 2. The van der Waals surface area contributed by atoms with E-state index in [-0.39, 0.29) is 29.8 Å². The molecule has 0 saturated heterocycles. The number of hydrogen-bond acceptors (Lipinski definition) is 5. The number of hydrogen-bond donors (Lipinski definition) is 2. The van der Waals surface area contributed by atoms with Gasteiger partial charge in [-0.1, -0.05) is 54.6 Å². The number of para-hydroxylation sites is 3. The highest BCUT2D eigenvalue weighted by Gasteiger charge is 2.36. The lowest BCUT2D eigenvalue weighted by Gasteiger charge is -2.34. The van der Waals surface area contributed by atoms with Gasteiger partial charge in [-0.25, -0.2) is 8.42 Å². The lowest BCUT2D eigenvalue weighted by Crippen LogP contribution is -2.49. The zero-order valence-electron chi connectivity index (χ0n) is 19.5. The van der Waals surface area contributed by atoms with Crippen LogP contribution in [-0.4, -0.2) is 38.6 Å². The number of nitrogens with one attached hydrogen (secondary N) is 2. The van der Waals surface area contributed by atoms with Crippen LogP contribution in [0.2, 0.25) is 0 Å². The summed E-state index contributed by atoms with van der Waals surface area (Å²) in [5.41, 5.74) is 1.95. The standard InChI is InChI=1S/C26H27N3O5S/c1-3-35(32,33)29-17-24(34-23-16-10-9-15-22(23)29)26(31)28-21-14-8-7-13-20(21)25(30)27-18(2)19-11-5-4-6-12-19/h4-16,18,24H,3,17H2,1-2H3,(H,27,30)(H,28,31). The predicted molar refractivity (Wildman–Crippen MR) is 135 cm³/mol. The van der Waals surface area contributed by atoms with Gasteiger partial charge in [-0.15, -0.1) is 0 Å². The maximum absolute atomic E-state index is 13.2. The van der Waals surface area contributed by atoms with E-state index in [1.807, 2.05) is 37.3 Å². The van der Waals surface area contributed by atoms with E-state index in [9.17, 15) is 18.0 Å². The van der Waals surface area contributed by atoms with Crippen LogP contribution < -0.4 is 19.7 Å². The molecule has 3 aromatic rings. The minimum absolute atomic E-state index is 0.113. The third kappa shape index (κ3) is 5.30. The molecular weight excluding hydrogens is 466 g/mol. The molecule has 1 heterocycles. The van der Waals surface area contributed by atoms with Crippen LogP contribution in [0.3, 0.4) is 0 Å². The number of nitrogens with zero attached hydrogens (tertiary/aromatic N) is 1. The van der Waals surface area contributed by atoms with Gasteiger partial charge in [0.15, 0.2) is 6.10 Å². The van der Waals surface area contributed by atoms with Crippen LogP contribution in [0, 0.1) is 0 Å². The Kier molecular flexibility index (Phi) is 7.07. The molecule has 2 N–H and O–H groups in total. The van der Waals surface area contributed by atoms with Gasteiger partial charge in [-0.3, -0.25) is 13.9 Å². The van der Waals surface area contributed by atoms with Gasteiger partial charge in [-0.2, -0.15) is 0 Å². The van der Waals surface area contributed by atoms with Gasteiger partial charge in [0.1, 0.15) is 5.75 Å². The first-order chi connectivity index (χ1) is 16.8. The third-order valence-electron chi connectivity index (χ3n) is 5.80. The van der Waals surface area contributed by atoms with Gasteiger partial charge < -0.3 is 15.4 Å². The van der Waals surface area contributed by atoms with Crippen molar-refractivity contribution in [2.45, 2.75) is 26.0 Å². The molecule has 0 spiro atoms. The topological polar surface area (TPSA) is 105 Å². The van der Waals surface area contributed by atoms with Crippen molar-refractivity contribution < 1.29 is 22.7 Å². The van der Waals surface area contributed by atoms with Gasteiger partial charge in [-0.05, 0) is 43.7 Å². The summed E-state index contributed by atoms with van der Waals surface area (Å²) in [4.78, 5) is 26.2. The fraction of sp³-hybridized carbons (Fsp3) is 0.231. The number of sulfonamides is 1. The van der Waals surface area contributed by atoms with Crippen LogP contribution in [0.25, 0.3) is 0 Å². The molecule has 3 aromatic carbocycles. The number of amides is 2. The van der Waals surface area contributed by atoms with Gasteiger partial charge in [0, 0.05) is 0 Å². The summed E-state index contributed by atoms with van der Waals surface area (Å²) in [5.74, 6) is -0.702. The summed E-state index contributed by atoms with van der Waals surface area (Å²) in [6.45, 7) is 3.26. The summed E-state index contributed by atoms with van der Waals surface area (Å²) in [6, 6.07) is 22.7. The van der Waals surface area contributed by atoms with Gasteiger partial charge >= 0.3 is 0 Å². The number of carbonyl (C=O) groups excluding carboxylic acids is 2. The van der Waals surface area contributed by atoms with E-state index in [0.717, 1.165) is 5.56 Å². The Hall–Kier alpha value is -3.85. The molecule has 0 aliphatic carbocycles. The molecule has 1 aliphatic heterocycles. The lowest BCUT2D eigenvalue weighted by atomic mass is 10.1. The number of anilines is 2. The van der Waals surface area contributed by atoms with Crippen LogP contribution in [0.1, 0.15) is 35.8 Å². The molecule has 182 valence electrons. The van der Waals surface area contributed by atoms with Crippen LogP contribution >= 0.6 is 0 Å². The number of fused-ring (bicyclic) bond motifs is 1. The van der Waals surface area contributed by atoms with E-state index < -0.39 is 22.0 Å². The largest absolute Gasteiger partial charge is 0.476 e. The van der Waals surface area contributed by atoms with E-state index in [1.165, 1.54) is 4.31 Å². The number of rotatable bonds is 7. The molecule has 9 heteroatoms. The first kappa shape index (κ1) is 24.3. The van der Waals surface area contributed by atoms with E-state index in [2.05, 4.69) is 10.6 Å². The second-order valence-corrected chi connectivity index (χ2v) is 10.3. The molecule has 8 nitrogen and oxygen atoms in total. The smallest absolute Gasteiger partial charge is 0.267 e. The maximum Gasteiger partial charge on any atom is 0.267 e. The Morgan fingerprint density at radius 1 is 1.00 bits per heavy atom. The molecule has 0 bridgehead atoms. The van der Waals surface area contributed by atoms with Crippen molar-refractivity contribution in [3.05, 3.63) is 90.0 Å². The molecule has 2 amide bonds. The highest BCUT2D eigenvalue weighted by Crippen LogP contribution is 2.35. The Labute approximate surface area is 205 Å². The summed E-state index contributed by atoms with van der Waals surface area (Å²) >= 11 is 0. The zero-order chi connectivity index (χ0) is 25.0. The maximum atomic E-state index is 13.2. The van der Waals surface area contributed by atoms with E-state index >= 15 is 0 Å². The summed E-state index contributed by atoms with van der Waals surface area (Å²) in [6.07, 6.45) is -1.09. The SMILES string of the molecule is CCS(=O)(=O)N1CC(C(=O)Nc2ccccc2C(=O)NC(C)c2ccccc2)Oc2ccccc21. The molecule has 2 unspecified atom stereocenters. The van der Waals surface area contributed by atoms with Crippen LogP contribution in [-0.2, 0) is 14.8 Å². The van der Waals surface area contributed by atoms with Crippen molar-refractivity contribution in [2.24, 2.45) is 0 Å². The Morgan fingerprint density at radius 3 is 2.40 bits per heavy atom. The van der Waals surface area contributed by atoms with Crippen LogP contribution in [0.4, 0.5) is 11.4 Å². The third-order valence-corrected chi connectivity index (χ3v) is 7.55. The molecule has 0 aromatic heterocycles. The second-order valence-electron chi connectivity index (χ2n) is 8.15. The summed E-state index contributed by atoms with van der Waals surface area (Å²) in [7, 11) is -3.63. The average Bonchev–Trinajstić information content (AvgIpc) is 2.88. The molecule has 0 radical (unpaired) electrons. The first-order valence-electron chi connectivity index (χ1n) is 11.3.